The number of aliphatic hydroxyl groups excluding tert-OH is 12. The third-order valence-corrected chi connectivity index (χ3v) is 8.17. The first-order chi connectivity index (χ1) is 21.4. The molecule has 0 bridgehead atoms. The molecule has 46 heavy (non-hydrogen) atoms. The zero-order valence-electron chi connectivity index (χ0n) is 24.2. The van der Waals surface area contributed by atoms with E-state index in [1.54, 1.807) is 0 Å². The van der Waals surface area contributed by atoms with Crippen molar-refractivity contribution in [1.82, 2.24) is 0 Å². The molecule has 3 heterocycles. The topological polar surface area (TPSA) is 365 Å². The lowest BCUT2D eigenvalue weighted by molar-refractivity contribution is -0.383. The van der Waals surface area contributed by atoms with Crippen LogP contribution >= 0.6 is 7.82 Å². The maximum atomic E-state index is 11.0. The van der Waals surface area contributed by atoms with Crippen LogP contribution in [-0.2, 0) is 37.5 Å². The second kappa shape index (κ2) is 16.9. The van der Waals surface area contributed by atoms with Gasteiger partial charge in [0.15, 0.2) is 18.9 Å². The van der Waals surface area contributed by atoms with Crippen molar-refractivity contribution < 1.29 is 109 Å². The van der Waals surface area contributed by atoms with Crippen molar-refractivity contribution in [2.45, 2.75) is 117 Å². The maximum Gasteiger partial charge on any atom is 0.469 e. The van der Waals surface area contributed by atoms with Crippen LogP contribution < -0.4 is 0 Å². The smallest absolute Gasteiger partial charge is 0.394 e. The van der Waals surface area contributed by atoms with E-state index < -0.39 is 145 Å². The fourth-order valence-electron chi connectivity index (χ4n) is 5.05. The summed E-state index contributed by atoms with van der Waals surface area (Å²) in [4.78, 5) is 17.8. The van der Waals surface area contributed by atoms with E-state index in [2.05, 4.69) is 4.52 Å². The zero-order chi connectivity index (χ0) is 34.7. The lowest BCUT2D eigenvalue weighted by Gasteiger charge is -2.48. The highest BCUT2D eigenvalue weighted by Crippen LogP contribution is 2.37. The average Bonchev–Trinajstić information content (AvgIpc) is 3.01. The number of ether oxygens (including phenoxy) is 6. The van der Waals surface area contributed by atoms with Gasteiger partial charge in [-0.25, -0.2) is 4.57 Å². The van der Waals surface area contributed by atoms with Crippen molar-refractivity contribution in [3.63, 3.8) is 0 Å². The lowest BCUT2D eigenvalue weighted by Crippen LogP contribution is -2.66. The third kappa shape index (κ3) is 9.34. The van der Waals surface area contributed by atoms with Crippen LogP contribution in [0.1, 0.15) is 6.92 Å². The van der Waals surface area contributed by atoms with E-state index in [1.807, 2.05) is 0 Å². The Kier molecular flexibility index (Phi) is 14.6. The summed E-state index contributed by atoms with van der Waals surface area (Å²) in [6.45, 7) is -2.59. The molecule has 0 radical (unpaired) electrons. The van der Waals surface area contributed by atoms with Gasteiger partial charge in [0.05, 0.1) is 32.5 Å². The number of phosphoric ester groups is 1. The van der Waals surface area contributed by atoms with Crippen molar-refractivity contribution in [3.05, 3.63) is 0 Å². The van der Waals surface area contributed by atoms with Crippen LogP contribution in [0.4, 0.5) is 0 Å². The van der Waals surface area contributed by atoms with Crippen LogP contribution in [0.2, 0.25) is 0 Å². The van der Waals surface area contributed by atoms with Gasteiger partial charge in [0.2, 0.25) is 0 Å². The van der Waals surface area contributed by atoms with Gasteiger partial charge in [-0.2, -0.15) is 0 Å². The van der Waals surface area contributed by atoms with Crippen molar-refractivity contribution in [1.29, 1.82) is 0 Å². The maximum absolute atomic E-state index is 11.0. The Balaban J connectivity index is 1.79. The van der Waals surface area contributed by atoms with Gasteiger partial charge in [0.25, 0.3) is 0 Å². The van der Waals surface area contributed by atoms with Crippen LogP contribution in [0.15, 0.2) is 0 Å². The van der Waals surface area contributed by atoms with E-state index in [1.165, 1.54) is 6.92 Å². The summed E-state index contributed by atoms with van der Waals surface area (Å²) in [5, 5.41) is 123. The third-order valence-electron chi connectivity index (χ3n) is 7.68. The van der Waals surface area contributed by atoms with E-state index in [0.717, 1.165) is 0 Å². The molecule has 3 rings (SSSR count). The molecule has 0 aliphatic carbocycles. The molecule has 3 saturated heterocycles. The molecule has 3 fully saturated rings. The SMILES string of the molecule is C[C@@H]1O[C@@H](O[C@H]([C@H](O)COP(=O)(O)O)[C@@H](O)CO)[C@H](O)[C@H](O[C@H]2O[C@H](CO)[C@@H](O)[C@H](O[C@H]3O[C@H](CO)[C@@H](O)[C@H](O)[C@H]3O)[C@H]2O)[C@H]1O. The predicted octanol–water partition coefficient (Wildman–Crippen LogP) is -8.33. The Morgan fingerprint density at radius 2 is 1.15 bits per heavy atom. The van der Waals surface area contributed by atoms with Gasteiger partial charge in [0.1, 0.15) is 85.5 Å². The van der Waals surface area contributed by atoms with Crippen molar-refractivity contribution in [2.24, 2.45) is 0 Å². The molecule has 0 spiro atoms. The predicted molar refractivity (Wildman–Crippen MR) is 140 cm³/mol. The normalized spacial score (nSPS) is 44.5. The molecule has 22 nitrogen and oxygen atoms in total. The van der Waals surface area contributed by atoms with Crippen LogP contribution in [0, 0.1) is 0 Å². The molecule has 0 aromatic heterocycles. The van der Waals surface area contributed by atoms with E-state index >= 15 is 0 Å². The molecule has 0 saturated carbocycles. The summed E-state index contributed by atoms with van der Waals surface area (Å²) in [6, 6.07) is 0. The van der Waals surface area contributed by atoms with Crippen LogP contribution in [0.25, 0.3) is 0 Å². The number of hydrogen-bond donors (Lipinski definition) is 14. The minimum absolute atomic E-state index is 0.820. The molecule has 14 N–H and O–H groups in total. The van der Waals surface area contributed by atoms with Gasteiger partial charge in [-0.3, -0.25) is 4.52 Å². The first kappa shape index (κ1) is 39.8. The highest BCUT2D eigenvalue weighted by Gasteiger charge is 2.54. The van der Waals surface area contributed by atoms with Gasteiger partial charge in [-0.05, 0) is 6.92 Å². The zero-order valence-corrected chi connectivity index (χ0v) is 25.1. The molecule has 0 aromatic rings. The molecular formula is C23H43O22P. The van der Waals surface area contributed by atoms with E-state index in [-0.39, 0.29) is 0 Å². The number of rotatable bonds is 14. The Morgan fingerprint density at radius 1 is 0.652 bits per heavy atom. The molecule has 3 aliphatic rings. The Labute approximate surface area is 260 Å². The highest BCUT2D eigenvalue weighted by atomic mass is 31.2. The largest absolute Gasteiger partial charge is 0.469 e. The summed E-state index contributed by atoms with van der Waals surface area (Å²) in [5.74, 6) is 0. The van der Waals surface area contributed by atoms with Crippen molar-refractivity contribution in [3.8, 4) is 0 Å². The molecule has 0 unspecified atom stereocenters. The highest BCUT2D eigenvalue weighted by molar-refractivity contribution is 7.46. The molecule has 0 aromatic carbocycles. The summed E-state index contributed by atoms with van der Waals surface area (Å²) in [6.07, 6.45) is -32.6. The standard InChI is InChI=1S/C23H43O22P/c1-6-11(29)19(16(34)22(40-6)43-18(7(27)2-24)8(28)5-39-46(36,37)38)44-23-17(35)20(13(31)10(4-26)42-23)45-21-15(33)14(32)12(30)9(3-25)41-21/h6-35H,2-5H2,1H3,(H2,36,37,38)/t6-,7-,8+,9+,10+,11-,12+,13+,14-,15+,16+,17+,18-,19+,20-,21+,22-,23+/m0/s1. The number of aliphatic hydroxyl groups is 12. The fourth-order valence-corrected chi connectivity index (χ4v) is 5.40. The molecule has 18 atom stereocenters. The minimum atomic E-state index is -5.08. The number of hydrogen-bond acceptors (Lipinski definition) is 20. The Hall–Kier alpha value is -0.610. The van der Waals surface area contributed by atoms with E-state index in [0.29, 0.717) is 0 Å². The van der Waals surface area contributed by atoms with E-state index in [9.17, 15) is 65.8 Å². The van der Waals surface area contributed by atoms with Gasteiger partial charge in [-0.15, -0.1) is 0 Å². The average molecular weight is 703 g/mol. The number of phosphoric acid groups is 1. The first-order valence-corrected chi connectivity index (χ1v) is 15.6. The summed E-state index contributed by atoms with van der Waals surface area (Å²) >= 11 is 0. The van der Waals surface area contributed by atoms with Crippen molar-refractivity contribution in [2.75, 3.05) is 26.4 Å². The summed E-state index contributed by atoms with van der Waals surface area (Å²) in [7, 11) is -5.08. The molecule has 0 amide bonds. The monoisotopic (exact) mass is 702 g/mol. The Bertz CT molecular complexity index is 972. The van der Waals surface area contributed by atoms with Crippen LogP contribution in [-0.4, -0.2) is 208 Å². The Morgan fingerprint density at radius 3 is 1.67 bits per heavy atom. The van der Waals surface area contributed by atoms with Crippen LogP contribution in [0.5, 0.6) is 0 Å². The first-order valence-electron chi connectivity index (χ1n) is 14.0. The van der Waals surface area contributed by atoms with Gasteiger partial charge in [0, 0.05) is 0 Å². The second-order valence-electron chi connectivity index (χ2n) is 11.0. The minimum Gasteiger partial charge on any atom is -0.394 e. The lowest BCUT2D eigenvalue weighted by atomic mass is 9.96. The molecule has 23 heteroatoms. The quantitative estimate of drug-likeness (QED) is 0.0747. The van der Waals surface area contributed by atoms with Gasteiger partial charge >= 0.3 is 7.82 Å². The summed E-state index contributed by atoms with van der Waals surface area (Å²) in [5.41, 5.74) is 0. The molecular weight excluding hydrogens is 659 g/mol. The van der Waals surface area contributed by atoms with Crippen LogP contribution in [0.3, 0.4) is 0 Å². The second-order valence-corrected chi connectivity index (χ2v) is 12.2. The van der Waals surface area contributed by atoms with E-state index in [4.69, 9.17) is 38.2 Å². The fraction of sp³-hybridized carbons (Fsp3) is 1.00. The van der Waals surface area contributed by atoms with Gasteiger partial charge in [-0.1, -0.05) is 0 Å². The van der Waals surface area contributed by atoms with Gasteiger partial charge < -0.3 is 99.5 Å². The summed E-state index contributed by atoms with van der Waals surface area (Å²) < 4.78 is 47.8. The van der Waals surface area contributed by atoms with Crippen molar-refractivity contribution >= 4 is 7.82 Å². The molecule has 3 aliphatic heterocycles. The molecule has 272 valence electrons.